The normalized spacial score (nSPS) is 17.1. The summed E-state index contributed by atoms with van der Waals surface area (Å²) in [6.07, 6.45) is 0.592. The molecule has 0 radical (unpaired) electrons. The number of nitrogens with zero attached hydrogens (tertiary/aromatic N) is 3. The second kappa shape index (κ2) is 8.78. The molecule has 0 saturated heterocycles. The summed E-state index contributed by atoms with van der Waals surface area (Å²) in [6.45, 7) is 3.74. The number of aliphatic hydroxyl groups excluding tert-OH is 1. The molecular weight excluding hydrogens is 425 g/mol. The minimum absolute atomic E-state index is 0.0932. The van der Waals surface area contributed by atoms with Gasteiger partial charge in [0.1, 0.15) is 17.4 Å². The number of aliphatic imine (C=N–C) groups is 1. The first-order valence-corrected chi connectivity index (χ1v) is 10.8. The number of benzene rings is 2. The highest BCUT2D eigenvalue weighted by molar-refractivity contribution is 5.96. The molecule has 3 aromatic rings. The summed E-state index contributed by atoms with van der Waals surface area (Å²) in [5.41, 5.74) is 0.176. The van der Waals surface area contributed by atoms with Crippen molar-refractivity contribution in [1.82, 2.24) is 9.13 Å². The van der Waals surface area contributed by atoms with Crippen molar-refractivity contribution in [2.45, 2.75) is 38.6 Å². The largest absolute Gasteiger partial charge is 0.442 e. The van der Waals surface area contributed by atoms with E-state index in [1.807, 2.05) is 32.0 Å². The number of ether oxygens (including phenoxy) is 1. The van der Waals surface area contributed by atoms with Gasteiger partial charge in [-0.2, -0.15) is 4.99 Å². The molecule has 1 aromatic heterocycles. The Balaban J connectivity index is 1.89. The molecule has 2 heterocycles. The fourth-order valence-corrected chi connectivity index (χ4v) is 4.22. The van der Waals surface area contributed by atoms with Gasteiger partial charge in [0.15, 0.2) is 0 Å². The van der Waals surface area contributed by atoms with Crippen molar-refractivity contribution in [3.8, 4) is 5.75 Å². The van der Waals surface area contributed by atoms with E-state index in [-0.39, 0.29) is 31.2 Å². The van der Waals surface area contributed by atoms with Crippen LogP contribution in [0.2, 0.25) is 0 Å². The zero-order valence-electron chi connectivity index (χ0n) is 18.8. The summed E-state index contributed by atoms with van der Waals surface area (Å²) < 4.78 is 22.2. The molecule has 7 nitrogen and oxygen atoms in total. The first-order chi connectivity index (χ1) is 15.7. The van der Waals surface area contributed by atoms with Crippen molar-refractivity contribution >= 4 is 11.7 Å². The van der Waals surface area contributed by atoms with E-state index in [0.29, 0.717) is 23.6 Å². The predicted octanol–water partition coefficient (Wildman–Crippen LogP) is 3.00. The molecule has 1 atom stereocenters. The maximum absolute atomic E-state index is 13.5. The van der Waals surface area contributed by atoms with Gasteiger partial charge in [0.2, 0.25) is 5.90 Å². The van der Waals surface area contributed by atoms with Gasteiger partial charge in [-0.3, -0.25) is 13.9 Å². The zero-order chi connectivity index (χ0) is 23.8. The summed E-state index contributed by atoms with van der Waals surface area (Å²) in [5, 5.41) is 9.22. The summed E-state index contributed by atoms with van der Waals surface area (Å²) in [6, 6.07) is 13.5. The molecule has 4 rings (SSSR count). The van der Waals surface area contributed by atoms with Crippen LogP contribution in [0, 0.1) is 12.7 Å². The minimum atomic E-state index is -1.000. The average molecular weight is 451 g/mol. The maximum Gasteiger partial charge on any atom is 0.332 e. The highest BCUT2D eigenvalue weighted by Gasteiger charge is 2.46. The van der Waals surface area contributed by atoms with Crippen LogP contribution in [0.25, 0.3) is 0 Å². The smallest absolute Gasteiger partial charge is 0.332 e. The summed E-state index contributed by atoms with van der Waals surface area (Å²) in [4.78, 5) is 31.0. The van der Waals surface area contributed by atoms with Gasteiger partial charge < -0.3 is 9.84 Å². The molecule has 1 aliphatic rings. The number of aromatic nitrogens is 2. The lowest BCUT2D eigenvalue weighted by atomic mass is 9.79. The topological polar surface area (TPSA) is 85.8 Å². The van der Waals surface area contributed by atoms with Crippen LogP contribution in [0.1, 0.15) is 30.0 Å². The summed E-state index contributed by atoms with van der Waals surface area (Å²) >= 11 is 0. The molecule has 1 unspecified atom stereocenters. The van der Waals surface area contributed by atoms with E-state index in [4.69, 9.17) is 4.74 Å². The molecule has 0 fully saturated rings. The third-order valence-electron chi connectivity index (χ3n) is 5.96. The van der Waals surface area contributed by atoms with E-state index in [1.54, 1.807) is 25.2 Å². The van der Waals surface area contributed by atoms with Crippen LogP contribution in [-0.2, 0) is 25.4 Å². The Morgan fingerprint density at radius 2 is 1.88 bits per heavy atom. The number of fused-ring (bicyclic) bond motifs is 1. The zero-order valence-corrected chi connectivity index (χ0v) is 18.8. The molecule has 0 saturated carbocycles. The van der Waals surface area contributed by atoms with Gasteiger partial charge in [0.05, 0.1) is 11.0 Å². The third kappa shape index (κ3) is 4.14. The molecule has 1 aliphatic heterocycles. The summed E-state index contributed by atoms with van der Waals surface area (Å²) in [5.74, 6) is 0.754. The molecule has 0 aliphatic carbocycles. The average Bonchev–Trinajstić information content (AvgIpc) is 3.06. The molecular formula is C25H26FN3O4. The molecule has 2 aromatic carbocycles. The van der Waals surface area contributed by atoms with Crippen LogP contribution in [0.3, 0.4) is 0 Å². The second-order valence-corrected chi connectivity index (χ2v) is 8.55. The van der Waals surface area contributed by atoms with Crippen LogP contribution < -0.4 is 16.0 Å². The Morgan fingerprint density at radius 3 is 2.55 bits per heavy atom. The number of rotatable bonds is 6. The van der Waals surface area contributed by atoms with Crippen LogP contribution in [0.5, 0.6) is 5.75 Å². The van der Waals surface area contributed by atoms with Crippen molar-refractivity contribution < 1.29 is 14.2 Å². The molecule has 1 N–H and O–H groups in total. The quantitative estimate of drug-likeness (QED) is 0.624. The number of halogens is 1. The van der Waals surface area contributed by atoms with Gasteiger partial charge in [0, 0.05) is 20.2 Å². The predicted molar refractivity (Wildman–Crippen MR) is 124 cm³/mol. The van der Waals surface area contributed by atoms with E-state index in [0.717, 1.165) is 15.7 Å². The molecule has 0 spiro atoms. The second-order valence-electron chi connectivity index (χ2n) is 8.55. The number of aliphatic hydroxyl groups is 1. The van der Waals surface area contributed by atoms with Gasteiger partial charge >= 0.3 is 5.69 Å². The van der Waals surface area contributed by atoms with Crippen LogP contribution in [0.15, 0.2) is 63.1 Å². The Labute approximate surface area is 190 Å². The van der Waals surface area contributed by atoms with E-state index < -0.39 is 16.7 Å². The van der Waals surface area contributed by atoms with Crippen molar-refractivity contribution in [1.29, 1.82) is 0 Å². The first kappa shape index (κ1) is 22.7. The van der Waals surface area contributed by atoms with Gasteiger partial charge in [-0.25, -0.2) is 9.18 Å². The number of hydrogen-bond acceptors (Lipinski definition) is 5. The summed E-state index contributed by atoms with van der Waals surface area (Å²) in [7, 11) is 1.56. The van der Waals surface area contributed by atoms with E-state index in [2.05, 4.69) is 4.99 Å². The maximum atomic E-state index is 13.5. The van der Waals surface area contributed by atoms with E-state index in [1.165, 1.54) is 16.7 Å². The van der Waals surface area contributed by atoms with E-state index >= 15 is 0 Å². The Kier molecular flexibility index (Phi) is 6.03. The fraction of sp³-hybridized carbons (Fsp3) is 0.320. The van der Waals surface area contributed by atoms with Crippen LogP contribution in [0.4, 0.5) is 10.2 Å². The molecule has 172 valence electrons. The lowest BCUT2D eigenvalue weighted by Gasteiger charge is -2.27. The van der Waals surface area contributed by atoms with Gasteiger partial charge in [0.25, 0.3) is 5.56 Å². The van der Waals surface area contributed by atoms with Crippen molar-refractivity contribution in [2.75, 3.05) is 6.61 Å². The van der Waals surface area contributed by atoms with Crippen molar-refractivity contribution in [2.24, 2.45) is 12.0 Å². The van der Waals surface area contributed by atoms with Crippen molar-refractivity contribution in [3.05, 3.63) is 91.9 Å². The molecule has 0 amide bonds. The van der Waals surface area contributed by atoms with Crippen LogP contribution >= 0.6 is 0 Å². The molecule has 33 heavy (non-hydrogen) atoms. The van der Waals surface area contributed by atoms with Gasteiger partial charge in [-0.15, -0.1) is 0 Å². The monoisotopic (exact) mass is 451 g/mol. The van der Waals surface area contributed by atoms with Gasteiger partial charge in [-0.1, -0.05) is 24.3 Å². The lowest BCUT2D eigenvalue weighted by Crippen LogP contribution is -2.46. The first-order valence-electron chi connectivity index (χ1n) is 10.8. The highest BCUT2D eigenvalue weighted by Crippen LogP contribution is 2.40. The number of hydrogen-bond donors (Lipinski definition) is 1. The van der Waals surface area contributed by atoms with Gasteiger partial charge in [-0.05, 0) is 62.1 Å². The Hall–Kier alpha value is -3.52. The minimum Gasteiger partial charge on any atom is -0.442 e. The fourth-order valence-electron chi connectivity index (χ4n) is 4.22. The van der Waals surface area contributed by atoms with E-state index in [9.17, 15) is 19.1 Å². The van der Waals surface area contributed by atoms with Crippen LogP contribution in [-0.4, -0.2) is 26.7 Å². The molecule has 0 bridgehead atoms. The highest BCUT2D eigenvalue weighted by atomic mass is 19.1. The number of aryl methyl sites for hydroxylation is 1. The standard InChI is InChI=1S/C25H26FN3O4/c1-16-6-4-7-19(14-16)33-23-25(2,15-17-8-10-18(26)11-9-17)20-21(27-23)28(3)24(32)29(22(20)31)12-5-13-30/h4,6-11,14,30H,5,12-13,15H2,1-3H3. The third-order valence-corrected chi connectivity index (χ3v) is 5.96. The Bertz CT molecular complexity index is 1340. The van der Waals surface area contributed by atoms with Crippen molar-refractivity contribution in [3.63, 3.8) is 0 Å². The molecule has 8 heteroatoms. The lowest BCUT2D eigenvalue weighted by molar-refractivity contribution is 0.277. The Morgan fingerprint density at radius 1 is 1.15 bits per heavy atom. The SMILES string of the molecule is Cc1cccc(OC2=Nc3c(c(=O)n(CCCO)c(=O)n3C)C2(C)Cc2ccc(F)cc2)c1.